The Morgan fingerprint density at radius 2 is 2.05 bits per heavy atom. The second-order valence-corrected chi connectivity index (χ2v) is 7.93. The van der Waals surface area contributed by atoms with Crippen LogP contribution in [-0.4, -0.2) is 38.9 Å². The van der Waals surface area contributed by atoms with Gasteiger partial charge in [0.15, 0.2) is 0 Å². The van der Waals surface area contributed by atoms with Gasteiger partial charge in [0.1, 0.15) is 6.07 Å². The summed E-state index contributed by atoms with van der Waals surface area (Å²) in [5, 5.41) is 12.4. The largest absolute Gasteiger partial charge is 0.316 e. The Balaban J connectivity index is 0.00000176. The van der Waals surface area contributed by atoms with Crippen LogP contribution in [0, 0.1) is 23.2 Å². The Morgan fingerprint density at radius 3 is 2.73 bits per heavy atom. The highest BCUT2D eigenvalue weighted by Gasteiger charge is 2.37. The summed E-state index contributed by atoms with van der Waals surface area (Å²) >= 11 is 5.95. The summed E-state index contributed by atoms with van der Waals surface area (Å²) in [7, 11) is -3.54. The van der Waals surface area contributed by atoms with Crippen molar-refractivity contribution in [3.63, 3.8) is 0 Å². The summed E-state index contributed by atoms with van der Waals surface area (Å²) in [6, 6.07) is 6.22. The molecule has 0 spiro atoms. The molecule has 2 aliphatic heterocycles. The predicted molar refractivity (Wildman–Crippen MR) is 86.6 cm³/mol. The number of hydrogen-bond donors (Lipinski definition) is 1. The van der Waals surface area contributed by atoms with Crippen molar-refractivity contribution in [3.05, 3.63) is 28.8 Å². The van der Waals surface area contributed by atoms with Crippen LogP contribution in [0.15, 0.2) is 23.1 Å². The first kappa shape index (κ1) is 17.5. The maximum Gasteiger partial charge on any atom is 0.243 e. The van der Waals surface area contributed by atoms with E-state index in [1.54, 1.807) is 4.31 Å². The Kier molecular flexibility index (Phi) is 5.36. The van der Waals surface area contributed by atoms with Gasteiger partial charge >= 0.3 is 0 Å². The molecule has 8 heteroatoms. The van der Waals surface area contributed by atoms with E-state index in [1.165, 1.54) is 18.2 Å². The first-order chi connectivity index (χ1) is 10.0. The van der Waals surface area contributed by atoms with Crippen molar-refractivity contribution in [2.75, 3.05) is 26.2 Å². The van der Waals surface area contributed by atoms with Gasteiger partial charge in [-0.05, 0) is 49.5 Å². The lowest BCUT2D eigenvalue weighted by atomic mass is 9.90. The van der Waals surface area contributed by atoms with Crippen molar-refractivity contribution in [1.29, 1.82) is 5.26 Å². The van der Waals surface area contributed by atoms with Gasteiger partial charge in [0.2, 0.25) is 10.0 Å². The summed E-state index contributed by atoms with van der Waals surface area (Å²) in [5.41, 5.74) is 0.286. The zero-order valence-corrected chi connectivity index (χ0v) is 14.2. The quantitative estimate of drug-likeness (QED) is 0.872. The van der Waals surface area contributed by atoms with Crippen molar-refractivity contribution in [2.24, 2.45) is 11.8 Å². The van der Waals surface area contributed by atoms with Crippen LogP contribution in [0.5, 0.6) is 0 Å². The van der Waals surface area contributed by atoms with Crippen molar-refractivity contribution in [2.45, 2.75) is 11.3 Å². The van der Waals surface area contributed by atoms with E-state index >= 15 is 0 Å². The van der Waals surface area contributed by atoms with E-state index in [9.17, 15) is 8.42 Å². The van der Waals surface area contributed by atoms with E-state index < -0.39 is 10.0 Å². The van der Waals surface area contributed by atoms with Crippen LogP contribution in [0.1, 0.15) is 12.0 Å². The van der Waals surface area contributed by atoms with E-state index in [0.717, 1.165) is 19.5 Å². The molecule has 2 fully saturated rings. The van der Waals surface area contributed by atoms with Crippen LogP contribution in [0.3, 0.4) is 0 Å². The Hall–Kier alpha value is -0.840. The normalized spacial score (nSPS) is 25.1. The number of fused-ring (bicyclic) bond motifs is 1. The lowest BCUT2D eigenvalue weighted by molar-refractivity contribution is 0.228. The van der Waals surface area contributed by atoms with Crippen LogP contribution >= 0.6 is 24.0 Å². The van der Waals surface area contributed by atoms with Gasteiger partial charge in [-0.3, -0.25) is 0 Å². The van der Waals surface area contributed by atoms with Crippen LogP contribution in [0.4, 0.5) is 0 Å². The molecule has 2 heterocycles. The lowest BCUT2D eigenvalue weighted by Gasteiger charge is -2.33. The van der Waals surface area contributed by atoms with Crippen LogP contribution in [-0.2, 0) is 10.0 Å². The third-order valence-electron chi connectivity index (χ3n) is 4.37. The van der Waals surface area contributed by atoms with E-state index in [2.05, 4.69) is 5.32 Å². The third kappa shape index (κ3) is 3.10. The number of nitrogens with one attached hydrogen (secondary N) is 1. The highest BCUT2D eigenvalue weighted by molar-refractivity contribution is 7.89. The average molecular weight is 362 g/mol. The van der Waals surface area contributed by atoms with E-state index in [0.29, 0.717) is 24.9 Å². The van der Waals surface area contributed by atoms with Crippen molar-refractivity contribution < 1.29 is 8.42 Å². The number of benzene rings is 1. The van der Waals surface area contributed by atoms with Gasteiger partial charge in [-0.15, -0.1) is 12.4 Å². The monoisotopic (exact) mass is 361 g/mol. The predicted octanol–water partition coefficient (Wildman–Crippen LogP) is 1.86. The molecule has 2 unspecified atom stereocenters. The zero-order valence-electron chi connectivity index (χ0n) is 11.8. The Morgan fingerprint density at radius 1 is 1.32 bits per heavy atom. The maximum absolute atomic E-state index is 12.7. The molecule has 22 heavy (non-hydrogen) atoms. The number of rotatable bonds is 2. The molecule has 0 radical (unpaired) electrons. The number of nitrogens with zero attached hydrogens (tertiary/aromatic N) is 2. The molecule has 0 saturated carbocycles. The van der Waals surface area contributed by atoms with E-state index in [1.807, 2.05) is 6.07 Å². The van der Waals surface area contributed by atoms with Crippen LogP contribution in [0.25, 0.3) is 0 Å². The molecule has 2 atom stereocenters. The molecular formula is C14H17Cl2N3O2S. The second kappa shape index (κ2) is 6.73. The van der Waals surface area contributed by atoms with Crippen molar-refractivity contribution in [3.8, 4) is 6.07 Å². The highest BCUT2D eigenvalue weighted by Crippen LogP contribution is 2.31. The van der Waals surface area contributed by atoms with Crippen molar-refractivity contribution in [1.82, 2.24) is 9.62 Å². The number of piperidine rings is 1. The zero-order chi connectivity index (χ0) is 15.0. The molecule has 2 aliphatic rings. The molecule has 0 aliphatic carbocycles. The molecule has 0 aromatic heterocycles. The van der Waals surface area contributed by atoms with Gasteiger partial charge in [0.05, 0.1) is 15.5 Å². The summed E-state index contributed by atoms with van der Waals surface area (Å²) in [5.74, 6) is 0.975. The minimum absolute atomic E-state index is 0. The second-order valence-electron chi connectivity index (χ2n) is 5.58. The molecule has 120 valence electrons. The molecule has 1 N–H and O–H groups in total. The molecule has 3 rings (SSSR count). The lowest BCUT2D eigenvalue weighted by Crippen LogP contribution is -2.43. The van der Waals surface area contributed by atoms with Gasteiger partial charge in [-0.1, -0.05) is 11.6 Å². The fourth-order valence-electron chi connectivity index (χ4n) is 3.12. The van der Waals surface area contributed by atoms with Gasteiger partial charge in [0.25, 0.3) is 0 Å². The smallest absolute Gasteiger partial charge is 0.243 e. The topological polar surface area (TPSA) is 73.2 Å². The molecule has 1 aromatic carbocycles. The average Bonchev–Trinajstić information content (AvgIpc) is 2.94. The SMILES string of the molecule is Cl.N#Cc1ccc(S(=O)(=O)N2CCC3CNCC3C2)cc1Cl. The molecule has 5 nitrogen and oxygen atoms in total. The number of hydrogen-bond acceptors (Lipinski definition) is 4. The summed E-state index contributed by atoms with van der Waals surface area (Å²) < 4.78 is 26.9. The summed E-state index contributed by atoms with van der Waals surface area (Å²) in [6.45, 7) is 2.96. The Labute approximate surface area is 141 Å². The molecule has 2 saturated heterocycles. The van der Waals surface area contributed by atoms with Crippen LogP contribution < -0.4 is 5.32 Å². The van der Waals surface area contributed by atoms with Crippen LogP contribution in [0.2, 0.25) is 5.02 Å². The van der Waals surface area contributed by atoms with E-state index in [-0.39, 0.29) is 27.9 Å². The minimum atomic E-state index is -3.54. The molecule has 0 bridgehead atoms. The standard InChI is InChI=1S/C14H16ClN3O2S.ClH/c15-14-5-13(2-1-10(14)6-16)21(19,20)18-4-3-11-7-17-8-12(11)9-18;/h1-2,5,11-12,17H,3-4,7-9H2;1H. The first-order valence-corrected chi connectivity index (χ1v) is 8.74. The fraction of sp³-hybridized carbons (Fsp3) is 0.500. The third-order valence-corrected chi connectivity index (χ3v) is 6.54. The minimum Gasteiger partial charge on any atom is -0.316 e. The molecule has 1 aromatic rings. The summed E-state index contributed by atoms with van der Waals surface area (Å²) in [6.07, 6.45) is 0.890. The summed E-state index contributed by atoms with van der Waals surface area (Å²) in [4.78, 5) is 0.163. The Bertz CT molecular complexity index is 703. The molecule has 0 amide bonds. The first-order valence-electron chi connectivity index (χ1n) is 6.93. The van der Waals surface area contributed by atoms with E-state index in [4.69, 9.17) is 16.9 Å². The maximum atomic E-state index is 12.7. The van der Waals surface area contributed by atoms with Crippen molar-refractivity contribution >= 4 is 34.0 Å². The van der Waals surface area contributed by atoms with Gasteiger partial charge < -0.3 is 5.32 Å². The highest BCUT2D eigenvalue weighted by atomic mass is 35.5. The number of sulfonamides is 1. The number of nitriles is 1. The van der Waals surface area contributed by atoms with Gasteiger partial charge in [-0.25, -0.2) is 8.42 Å². The molecular weight excluding hydrogens is 345 g/mol. The van der Waals surface area contributed by atoms with Gasteiger partial charge in [-0.2, -0.15) is 9.57 Å². The fourth-order valence-corrected chi connectivity index (χ4v) is 4.94. The van der Waals surface area contributed by atoms with Gasteiger partial charge in [0, 0.05) is 13.1 Å². The number of halogens is 2.